The summed E-state index contributed by atoms with van der Waals surface area (Å²) in [5.74, 6) is 1.74. The Labute approximate surface area is 131 Å². The monoisotopic (exact) mass is 301 g/mol. The van der Waals surface area contributed by atoms with Crippen molar-refractivity contribution in [2.75, 3.05) is 13.2 Å². The number of rotatable bonds is 8. The van der Waals surface area contributed by atoms with Gasteiger partial charge >= 0.3 is 0 Å². The van der Waals surface area contributed by atoms with Crippen molar-refractivity contribution in [2.45, 2.75) is 38.0 Å². The molecule has 2 aromatic rings. The average molecular weight is 301 g/mol. The second-order valence-corrected chi connectivity index (χ2v) is 5.90. The van der Waals surface area contributed by atoms with Gasteiger partial charge < -0.3 is 14.3 Å². The number of hydrogen-bond acceptors (Lipinski definition) is 4. The molecular weight excluding hydrogens is 278 g/mol. The maximum atomic E-state index is 10.3. The molecule has 0 amide bonds. The minimum atomic E-state index is -0.516. The van der Waals surface area contributed by atoms with Crippen LogP contribution in [0.15, 0.2) is 53.1 Å². The lowest BCUT2D eigenvalue weighted by atomic mass is 10.2. The van der Waals surface area contributed by atoms with Crippen molar-refractivity contribution in [1.29, 1.82) is 0 Å². The second kappa shape index (κ2) is 6.99. The maximum Gasteiger partial charge on any atom is 0.120 e. The molecule has 1 fully saturated rings. The number of furan rings is 1. The topological polar surface area (TPSA) is 45.8 Å². The highest BCUT2D eigenvalue weighted by Crippen LogP contribution is 2.34. The maximum absolute atomic E-state index is 10.3. The SMILES string of the molecule is CC(c1ccco1)N(CC(O)COc1ccccc1)C1CC1. The Bertz CT molecular complexity index is 551. The summed E-state index contributed by atoms with van der Waals surface area (Å²) in [6.45, 7) is 3.03. The highest BCUT2D eigenvalue weighted by Gasteiger charge is 2.34. The standard InChI is InChI=1S/C18H23NO3/c1-14(18-8-5-11-21-18)19(15-9-10-15)12-16(20)13-22-17-6-3-2-4-7-17/h2-8,11,14-16,20H,9-10,12-13H2,1H3. The van der Waals surface area contributed by atoms with E-state index < -0.39 is 6.10 Å². The third kappa shape index (κ3) is 3.90. The summed E-state index contributed by atoms with van der Waals surface area (Å²) < 4.78 is 11.1. The molecule has 0 aliphatic heterocycles. The van der Waals surface area contributed by atoms with E-state index in [0.717, 1.165) is 11.5 Å². The van der Waals surface area contributed by atoms with Crippen LogP contribution in [0.1, 0.15) is 31.6 Å². The number of aliphatic hydroxyl groups is 1. The Kier molecular flexibility index (Phi) is 4.80. The van der Waals surface area contributed by atoms with E-state index in [1.165, 1.54) is 12.8 Å². The van der Waals surface area contributed by atoms with Gasteiger partial charge in [0.2, 0.25) is 0 Å². The lowest BCUT2D eigenvalue weighted by Gasteiger charge is -2.29. The zero-order chi connectivity index (χ0) is 15.4. The van der Waals surface area contributed by atoms with E-state index in [2.05, 4.69) is 11.8 Å². The van der Waals surface area contributed by atoms with Crippen molar-refractivity contribution in [1.82, 2.24) is 4.90 Å². The molecule has 4 nitrogen and oxygen atoms in total. The Morgan fingerprint density at radius 1 is 1.23 bits per heavy atom. The third-order valence-electron chi connectivity index (χ3n) is 4.08. The molecular formula is C18H23NO3. The van der Waals surface area contributed by atoms with Crippen molar-refractivity contribution in [3.63, 3.8) is 0 Å². The van der Waals surface area contributed by atoms with Crippen LogP contribution in [-0.4, -0.2) is 35.3 Å². The van der Waals surface area contributed by atoms with Crippen LogP contribution in [0.4, 0.5) is 0 Å². The first kappa shape index (κ1) is 15.1. The van der Waals surface area contributed by atoms with E-state index in [4.69, 9.17) is 9.15 Å². The van der Waals surface area contributed by atoms with Gasteiger partial charge in [-0.25, -0.2) is 0 Å². The number of para-hydroxylation sites is 1. The molecule has 1 aliphatic carbocycles. The van der Waals surface area contributed by atoms with Crippen LogP contribution in [0, 0.1) is 0 Å². The minimum Gasteiger partial charge on any atom is -0.491 e. The van der Waals surface area contributed by atoms with Crippen molar-refractivity contribution < 1.29 is 14.3 Å². The zero-order valence-electron chi connectivity index (χ0n) is 12.9. The molecule has 2 unspecified atom stereocenters. The van der Waals surface area contributed by atoms with Crippen LogP contribution in [0.2, 0.25) is 0 Å². The Morgan fingerprint density at radius 3 is 2.64 bits per heavy atom. The van der Waals surface area contributed by atoms with Gasteiger partial charge in [0.05, 0.1) is 12.3 Å². The van der Waals surface area contributed by atoms with Crippen molar-refractivity contribution in [3.05, 3.63) is 54.5 Å². The molecule has 0 spiro atoms. The number of nitrogens with zero attached hydrogens (tertiary/aromatic N) is 1. The van der Waals surface area contributed by atoms with Crippen LogP contribution in [0.3, 0.4) is 0 Å². The quantitative estimate of drug-likeness (QED) is 0.813. The molecule has 3 rings (SSSR count). The van der Waals surface area contributed by atoms with Gasteiger partial charge in [0.15, 0.2) is 0 Å². The first-order valence-electron chi connectivity index (χ1n) is 7.89. The number of hydrogen-bond donors (Lipinski definition) is 1. The van der Waals surface area contributed by atoms with Gasteiger partial charge in [0.25, 0.3) is 0 Å². The normalized spacial score (nSPS) is 17.4. The van der Waals surface area contributed by atoms with Crippen molar-refractivity contribution in [3.8, 4) is 5.75 Å². The van der Waals surface area contributed by atoms with Crippen molar-refractivity contribution >= 4 is 0 Å². The van der Waals surface area contributed by atoms with Crippen LogP contribution >= 0.6 is 0 Å². The van der Waals surface area contributed by atoms with Crippen molar-refractivity contribution in [2.24, 2.45) is 0 Å². The molecule has 0 radical (unpaired) electrons. The van der Waals surface area contributed by atoms with E-state index in [9.17, 15) is 5.11 Å². The summed E-state index contributed by atoms with van der Waals surface area (Å²) in [5.41, 5.74) is 0. The number of aliphatic hydroxyl groups excluding tert-OH is 1. The fourth-order valence-corrected chi connectivity index (χ4v) is 2.73. The molecule has 4 heteroatoms. The second-order valence-electron chi connectivity index (χ2n) is 5.90. The van der Waals surface area contributed by atoms with E-state index in [1.807, 2.05) is 42.5 Å². The largest absolute Gasteiger partial charge is 0.491 e. The third-order valence-corrected chi connectivity index (χ3v) is 4.08. The Hall–Kier alpha value is -1.78. The van der Waals surface area contributed by atoms with Gasteiger partial charge in [-0.1, -0.05) is 18.2 Å². The first-order chi connectivity index (χ1) is 10.7. The molecule has 1 heterocycles. The van der Waals surface area contributed by atoms with Gasteiger partial charge in [-0.3, -0.25) is 4.90 Å². The van der Waals surface area contributed by atoms with Gasteiger partial charge in [-0.2, -0.15) is 0 Å². The van der Waals surface area contributed by atoms with E-state index in [0.29, 0.717) is 19.2 Å². The number of benzene rings is 1. The molecule has 118 valence electrons. The Morgan fingerprint density at radius 2 is 2.00 bits per heavy atom. The molecule has 1 aliphatic rings. The number of ether oxygens (including phenoxy) is 1. The first-order valence-corrected chi connectivity index (χ1v) is 7.89. The average Bonchev–Trinajstić information content (AvgIpc) is 3.24. The Balaban J connectivity index is 1.54. The highest BCUT2D eigenvalue weighted by atomic mass is 16.5. The fourth-order valence-electron chi connectivity index (χ4n) is 2.73. The molecule has 0 bridgehead atoms. The summed E-state index contributed by atoms with van der Waals surface area (Å²) >= 11 is 0. The van der Waals surface area contributed by atoms with E-state index in [-0.39, 0.29) is 6.04 Å². The summed E-state index contributed by atoms with van der Waals surface area (Å²) in [6, 6.07) is 14.2. The summed E-state index contributed by atoms with van der Waals surface area (Å²) in [5, 5.41) is 10.3. The van der Waals surface area contributed by atoms with E-state index in [1.54, 1.807) is 6.26 Å². The molecule has 1 saturated carbocycles. The summed E-state index contributed by atoms with van der Waals surface area (Å²) in [4.78, 5) is 2.32. The predicted molar refractivity (Wildman–Crippen MR) is 84.8 cm³/mol. The molecule has 1 aromatic carbocycles. The summed E-state index contributed by atoms with van der Waals surface area (Å²) in [7, 11) is 0. The fraction of sp³-hybridized carbons (Fsp3) is 0.444. The lowest BCUT2D eigenvalue weighted by molar-refractivity contribution is 0.0469. The lowest BCUT2D eigenvalue weighted by Crippen LogP contribution is -2.38. The van der Waals surface area contributed by atoms with Gasteiger partial charge in [0, 0.05) is 12.6 Å². The molecule has 1 N–H and O–H groups in total. The molecule has 2 atom stereocenters. The molecule has 1 aromatic heterocycles. The van der Waals surface area contributed by atoms with Crippen LogP contribution in [-0.2, 0) is 0 Å². The van der Waals surface area contributed by atoms with Crippen LogP contribution in [0.25, 0.3) is 0 Å². The smallest absolute Gasteiger partial charge is 0.120 e. The van der Waals surface area contributed by atoms with Gasteiger partial charge in [-0.15, -0.1) is 0 Å². The minimum absolute atomic E-state index is 0.175. The molecule has 0 saturated heterocycles. The van der Waals surface area contributed by atoms with Crippen LogP contribution < -0.4 is 4.74 Å². The zero-order valence-corrected chi connectivity index (χ0v) is 12.9. The molecule has 22 heavy (non-hydrogen) atoms. The van der Waals surface area contributed by atoms with E-state index >= 15 is 0 Å². The van der Waals surface area contributed by atoms with Gasteiger partial charge in [0.1, 0.15) is 24.2 Å². The van der Waals surface area contributed by atoms with Gasteiger partial charge in [-0.05, 0) is 44.0 Å². The van der Waals surface area contributed by atoms with Crippen LogP contribution in [0.5, 0.6) is 5.75 Å². The predicted octanol–water partition coefficient (Wildman–Crippen LogP) is 3.24. The summed E-state index contributed by atoms with van der Waals surface area (Å²) in [6.07, 6.45) is 3.57. The highest BCUT2D eigenvalue weighted by molar-refractivity contribution is 5.20.